The van der Waals surface area contributed by atoms with Gasteiger partial charge in [-0.1, -0.05) is 37.6 Å². The third-order valence-electron chi connectivity index (χ3n) is 5.21. The van der Waals surface area contributed by atoms with E-state index < -0.39 is 53.3 Å². The quantitative estimate of drug-likeness (QED) is 0.411. The van der Waals surface area contributed by atoms with Crippen LogP contribution >= 0.6 is 11.6 Å². The Bertz CT molecular complexity index is 918. The number of amides is 2. The maximum atomic E-state index is 13.4. The fraction of sp³-hybridized carbons (Fsp3) is 0.615. The summed E-state index contributed by atoms with van der Waals surface area (Å²) in [6.07, 6.45) is -0.911. The minimum atomic E-state index is -1.19. The first-order valence-corrected chi connectivity index (χ1v) is 12.2. The number of ether oxygens (including phenoxy) is 2. The van der Waals surface area contributed by atoms with Crippen LogP contribution in [0.25, 0.3) is 0 Å². The van der Waals surface area contributed by atoms with Crippen LogP contribution in [0.4, 0.5) is 0 Å². The molecule has 9 heteroatoms. The van der Waals surface area contributed by atoms with E-state index in [9.17, 15) is 19.2 Å². The molecule has 0 aliphatic heterocycles. The molecule has 1 rings (SSSR count). The number of benzene rings is 1. The molecule has 0 heterocycles. The number of esters is 2. The smallest absolute Gasteiger partial charge is 0.328 e. The first-order valence-electron chi connectivity index (χ1n) is 12.3. The van der Waals surface area contributed by atoms with Crippen molar-refractivity contribution in [2.45, 2.75) is 97.9 Å². The predicted octanol–water partition coefficient (Wildman–Crippen LogP) is 3.93. The summed E-state index contributed by atoms with van der Waals surface area (Å²) in [7, 11) is 0. The van der Waals surface area contributed by atoms with Crippen LogP contribution in [0.3, 0.4) is 0 Å². The number of carbonyl (C=O) groups is 4. The van der Waals surface area contributed by atoms with Gasteiger partial charge < -0.3 is 20.1 Å². The summed E-state index contributed by atoms with van der Waals surface area (Å²) in [6, 6.07) is 4.37. The van der Waals surface area contributed by atoms with Crippen molar-refractivity contribution in [3.8, 4) is 0 Å². The first kappa shape index (κ1) is 28.6. The maximum Gasteiger partial charge on any atom is 0.328 e. The summed E-state index contributed by atoms with van der Waals surface area (Å²) in [5.41, 5.74) is -0.477. The van der Waals surface area contributed by atoms with Crippen LogP contribution in [0.2, 0.25) is 6.43 Å². The molecule has 0 bridgehead atoms. The molecule has 0 radical (unpaired) electrons. The van der Waals surface area contributed by atoms with Crippen LogP contribution in [0.1, 0.15) is 73.8 Å². The highest BCUT2D eigenvalue weighted by atomic mass is 35.5. The van der Waals surface area contributed by atoms with Crippen molar-refractivity contribution < 1.29 is 30.1 Å². The number of hydrogen-bond acceptors (Lipinski definition) is 6. The fourth-order valence-electron chi connectivity index (χ4n) is 3.19. The number of nitrogens with one attached hydrogen (secondary N) is 2. The third-order valence-corrected chi connectivity index (χ3v) is 5.47. The van der Waals surface area contributed by atoms with E-state index in [2.05, 4.69) is 5.32 Å². The van der Waals surface area contributed by atoms with Crippen LogP contribution in [0.5, 0.6) is 0 Å². The monoisotopic (exact) mass is 511 g/mol. The highest BCUT2D eigenvalue weighted by molar-refractivity contribution is 6.30. The maximum absolute atomic E-state index is 13.4. The molecule has 35 heavy (non-hydrogen) atoms. The van der Waals surface area contributed by atoms with Crippen LogP contribution in [-0.4, -0.2) is 48.0 Å². The van der Waals surface area contributed by atoms with Crippen molar-refractivity contribution in [1.29, 1.82) is 0 Å². The van der Waals surface area contributed by atoms with E-state index in [1.807, 2.05) is 0 Å². The SMILES string of the molecule is [2H]N(C(=O)C(C)(C)c1ccc(Cl)cc1)[C@H](C(=O)N[C@@H](CCC(=O)OC(C)C)C(=O)OC(C)C)C(C)C. The van der Waals surface area contributed by atoms with Gasteiger partial charge in [0.1, 0.15) is 12.1 Å². The zero-order valence-corrected chi connectivity index (χ0v) is 22.6. The van der Waals surface area contributed by atoms with Crippen LogP contribution in [0.15, 0.2) is 24.3 Å². The summed E-state index contributed by atoms with van der Waals surface area (Å²) >= 11 is 5.96. The average Bonchev–Trinajstić information content (AvgIpc) is 2.75. The van der Waals surface area contributed by atoms with E-state index in [1.165, 1.54) is 0 Å². The average molecular weight is 512 g/mol. The molecule has 0 unspecified atom stereocenters. The van der Waals surface area contributed by atoms with Gasteiger partial charge in [-0.15, -0.1) is 0 Å². The molecule has 0 saturated carbocycles. The van der Waals surface area contributed by atoms with E-state index in [0.29, 0.717) is 15.9 Å². The Labute approximate surface area is 214 Å². The van der Waals surface area contributed by atoms with Gasteiger partial charge >= 0.3 is 11.9 Å². The van der Waals surface area contributed by atoms with Gasteiger partial charge in [0, 0.05) is 11.4 Å². The molecule has 0 aliphatic rings. The molecule has 0 saturated heterocycles. The zero-order valence-electron chi connectivity index (χ0n) is 22.9. The second kappa shape index (κ2) is 13.5. The Morgan fingerprint density at radius 3 is 2.00 bits per heavy atom. The molecule has 0 aromatic heterocycles. The lowest BCUT2D eigenvalue weighted by Crippen LogP contribution is -2.56. The van der Waals surface area contributed by atoms with Gasteiger partial charge in [0.15, 0.2) is 1.41 Å². The topological polar surface area (TPSA) is 111 Å². The Morgan fingerprint density at radius 2 is 1.51 bits per heavy atom. The molecule has 0 spiro atoms. The lowest BCUT2D eigenvalue weighted by atomic mass is 9.83. The highest BCUT2D eigenvalue weighted by Crippen LogP contribution is 2.25. The van der Waals surface area contributed by atoms with E-state index in [1.54, 1.807) is 79.7 Å². The molecule has 1 aromatic carbocycles. The molecule has 2 amide bonds. The fourth-order valence-corrected chi connectivity index (χ4v) is 3.32. The number of halogens is 1. The molecular weight excluding hydrogens is 472 g/mol. The van der Waals surface area contributed by atoms with E-state index in [4.69, 9.17) is 22.5 Å². The minimum absolute atomic E-state index is 0.0458. The summed E-state index contributed by atoms with van der Waals surface area (Å²) in [5.74, 6) is -2.95. The van der Waals surface area contributed by atoms with Crippen molar-refractivity contribution in [3.05, 3.63) is 34.9 Å². The molecule has 2 N–H and O–H groups in total. The minimum Gasteiger partial charge on any atom is -0.463 e. The van der Waals surface area contributed by atoms with Gasteiger partial charge in [-0.05, 0) is 71.6 Å². The summed E-state index contributed by atoms with van der Waals surface area (Å²) in [4.78, 5) is 51.3. The molecule has 2 atom stereocenters. The first-order chi connectivity index (χ1) is 16.6. The standard InChI is InChI=1S/C26H39ClN2O6/c1-15(2)22(29-25(33)26(7,8)18-9-11-19(27)12-10-18)23(31)28-20(24(32)35-17(5)6)13-14-21(30)34-16(3)4/h9-12,15-17,20,22H,13-14H2,1-8H3,(H,28,31)(H,29,33)/t20-,22-/m0/s1/i/hD. The zero-order chi connectivity index (χ0) is 27.8. The van der Waals surface area contributed by atoms with Gasteiger partial charge in [0.2, 0.25) is 11.8 Å². The number of carbonyl (C=O) groups excluding carboxylic acids is 4. The van der Waals surface area contributed by atoms with Crippen molar-refractivity contribution in [2.24, 2.45) is 5.92 Å². The Kier molecular flexibility index (Phi) is 11.0. The predicted molar refractivity (Wildman–Crippen MR) is 135 cm³/mol. The van der Waals surface area contributed by atoms with E-state index >= 15 is 0 Å². The second-order valence-electron chi connectivity index (χ2n) is 9.88. The lowest BCUT2D eigenvalue weighted by Gasteiger charge is -2.30. The summed E-state index contributed by atoms with van der Waals surface area (Å²) in [6.45, 7) is 13.5. The summed E-state index contributed by atoms with van der Waals surface area (Å²) < 4.78 is 18.9. The van der Waals surface area contributed by atoms with Gasteiger partial charge in [-0.25, -0.2) is 4.79 Å². The molecule has 0 fully saturated rings. The molecule has 196 valence electrons. The Morgan fingerprint density at radius 1 is 0.971 bits per heavy atom. The van der Waals surface area contributed by atoms with Gasteiger partial charge in [0.05, 0.1) is 17.6 Å². The molecular formula is C26H39ClN2O6. The van der Waals surface area contributed by atoms with Gasteiger partial charge in [0.25, 0.3) is 0 Å². The molecule has 0 aliphatic carbocycles. The normalized spacial score (nSPS) is 13.8. The molecule has 1 aromatic rings. The van der Waals surface area contributed by atoms with Gasteiger partial charge in [-0.2, -0.15) is 0 Å². The molecule has 8 nitrogen and oxygen atoms in total. The Hall–Kier alpha value is -2.61. The Balaban J connectivity index is 3.12. The van der Waals surface area contributed by atoms with Gasteiger partial charge in [-0.3, -0.25) is 14.4 Å². The van der Waals surface area contributed by atoms with E-state index in [0.717, 1.165) is 0 Å². The van der Waals surface area contributed by atoms with Crippen LogP contribution in [-0.2, 0) is 34.1 Å². The van der Waals surface area contributed by atoms with E-state index in [-0.39, 0.29) is 18.9 Å². The van der Waals surface area contributed by atoms with Crippen molar-refractivity contribution in [3.63, 3.8) is 0 Å². The van der Waals surface area contributed by atoms with Crippen LogP contribution < -0.4 is 10.6 Å². The van der Waals surface area contributed by atoms with Crippen molar-refractivity contribution >= 4 is 35.4 Å². The third kappa shape index (κ3) is 9.88. The van der Waals surface area contributed by atoms with Crippen molar-refractivity contribution in [2.75, 3.05) is 0 Å². The second-order valence-corrected chi connectivity index (χ2v) is 10.3. The lowest BCUT2D eigenvalue weighted by molar-refractivity contribution is -0.153. The summed E-state index contributed by atoms with van der Waals surface area (Å²) in [5, 5.41) is 3.77. The highest BCUT2D eigenvalue weighted by Gasteiger charge is 2.35. The number of rotatable bonds is 12. The van der Waals surface area contributed by atoms with Crippen LogP contribution in [0, 0.1) is 5.92 Å². The largest absolute Gasteiger partial charge is 0.463 e. The van der Waals surface area contributed by atoms with Crippen molar-refractivity contribution in [1.82, 2.24) is 10.6 Å². The number of hydrogen-bond donors (Lipinski definition) is 2.